The molecule has 0 bridgehead atoms. The number of carbonyl (C=O) groups is 2. The first-order valence-electron chi connectivity index (χ1n) is 11.4. The number of H-pyrrole nitrogens is 1. The maximum atomic E-state index is 13.3. The molecule has 31 heavy (non-hydrogen) atoms. The number of aromatic nitrogens is 2. The van der Waals surface area contributed by atoms with Gasteiger partial charge in [-0.05, 0) is 38.5 Å². The number of hydrogen-bond donors (Lipinski definition) is 1. The normalized spacial score (nSPS) is 23.0. The van der Waals surface area contributed by atoms with Crippen molar-refractivity contribution in [2.45, 2.75) is 63.1 Å². The Kier molecular flexibility index (Phi) is 5.30. The predicted octanol–water partition coefficient (Wildman–Crippen LogP) is 3.24. The Balaban J connectivity index is 1.26. The first-order valence-corrected chi connectivity index (χ1v) is 11.4. The Morgan fingerprint density at radius 2 is 1.87 bits per heavy atom. The van der Waals surface area contributed by atoms with Gasteiger partial charge in [0.25, 0.3) is 5.91 Å². The van der Waals surface area contributed by atoms with Crippen LogP contribution in [0.4, 0.5) is 0 Å². The lowest BCUT2D eigenvalue weighted by Gasteiger charge is -2.48. The van der Waals surface area contributed by atoms with Crippen molar-refractivity contribution in [3.63, 3.8) is 0 Å². The smallest absolute Gasteiger partial charge is 0.257 e. The topological polar surface area (TPSA) is 78.5 Å². The van der Waals surface area contributed by atoms with Gasteiger partial charge in [-0.2, -0.15) is 5.10 Å². The third-order valence-electron chi connectivity index (χ3n) is 7.06. The molecule has 1 aromatic carbocycles. The molecule has 2 aromatic rings. The molecule has 1 aliphatic carbocycles. The van der Waals surface area contributed by atoms with E-state index >= 15 is 0 Å². The van der Waals surface area contributed by atoms with Gasteiger partial charge in [0.2, 0.25) is 5.91 Å². The summed E-state index contributed by atoms with van der Waals surface area (Å²) in [5.74, 6) is 0.198. The average molecular weight is 423 g/mol. The van der Waals surface area contributed by atoms with Crippen LogP contribution in [-0.2, 0) is 9.53 Å². The van der Waals surface area contributed by atoms with Gasteiger partial charge in [0, 0.05) is 44.3 Å². The highest BCUT2D eigenvalue weighted by Gasteiger charge is 2.45. The van der Waals surface area contributed by atoms with Crippen LogP contribution in [0.1, 0.15) is 55.8 Å². The molecule has 2 amide bonds. The summed E-state index contributed by atoms with van der Waals surface area (Å²) in [4.78, 5) is 29.5. The summed E-state index contributed by atoms with van der Waals surface area (Å²) >= 11 is 0. The van der Waals surface area contributed by atoms with Gasteiger partial charge < -0.3 is 14.5 Å². The van der Waals surface area contributed by atoms with Crippen LogP contribution in [0.25, 0.3) is 11.3 Å². The number of piperidine rings is 1. The molecule has 5 rings (SSSR count). The van der Waals surface area contributed by atoms with E-state index < -0.39 is 0 Å². The first-order chi connectivity index (χ1) is 15.1. The second-order valence-electron chi connectivity index (χ2n) is 9.15. The molecular weight excluding hydrogens is 392 g/mol. The number of likely N-dealkylation sites (tertiary alicyclic amines) is 1. The summed E-state index contributed by atoms with van der Waals surface area (Å²) in [5.41, 5.74) is 2.11. The standard InChI is InChI=1S/C24H30N4O3/c1-17(29)28(19-7-8-19)20-9-14-31-24(15-20)10-12-27(13-11-24)23(30)21-16-25-26-22(21)18-5-3-2-4-6-18/h2-6,16,19-20H,7-15H2,1H3,(H,25,26). The van der Waals surface area contributed by atoms with Gasteiger partial charge >= 0.3 is 0 Å². The molecule has 1 spiro atoms. The SMILES string of the molecule is CC(=O)N(C1CC1)C1CCOC2(CCN(C(=O)c3cn[nH]c3-c3ccccc3)CC2)C1. The van der Waals surface area contributed by atoms with Gasteiger partial charge in [0.15, 0.2) is 0 Å². The summed E-state index contributed by atoms with van der Waals surface area (Å²) in [5, 5.41) is 7.12. The molecule has 3 fully saturated rings. The minimum absolute atomic E-state index is 0.0122. The molecule has 0 radical (unpaired) electrons. The highest BCUT2D eigenvalue weighted by atomic mass is 16.5. The van der Waals surface area contributed by atoms with E-state index in [1.165, 1.54) is 0 Å². The summed E-state index contributed by atoms with van der Waals surface area (Å²) in [7, 11) is 0. The van der Waals surface area contributed by atoms with E-state index in [9.17, 15) is 9.59 Å². The Bertz CT molecular complexity index is 945. The van der Waals surface area contributed by atoms with Gasteiger partial charge in [0.05, 0.1) is 23.1 Å². The second kappa shape index (κ2) is 8.11. The monoisotopic (exact) mass is 422 g/mol. The van der Waals surface area contributed by atoms with E-state index in [1.54, 1.807) is 13.1 Å². The van der Waals surface area contributed by atoms with Crippen LogP contribution < -0.4 is 0 Å². The van der Waals surface area contributed by atoms with E-state index in [0.29, 0.717) is 31.3 Å². The number of carbonyl (C=O) groups excluding carboxylic acids is 2. The molecule has 164 valence electrons. The Morgan fingerprint density at radius 3 is 2.55 bits per heavy atom. The van der Waals surface area contributed by atoms with Gasteiger partial charge in [-0.25, -0.2) is 0 Å². The van der Waals surface area contributed by atoms with E-state index in [4.69, 9.17) is 4.74 Å². The number of nitrogens with zero attached hydrogens (tertiary/aromatic N) is 3. The zero-order valence-electron chi connectivity index (χ0n) is 18.0. The van der Waals surface area contributed by atoms with Gasteiger partial charge in [-0.3, -0.25) is 14.7 Å². The minimum Gasteiger partial charge on any atom is -0.375 e. The largest absolute Gasteiger partial charge is 0.375 e. The first kappa shape index (κ1) is 20.2. The lowest BCUT2D eigenvalue weighted by Crippen LogP contribution is -2.55. The number of amides is 2. The predicted molar refractivity (Wildman–Crippen MR) is 116 cm³/mol. The van der Waals surface area contributed by atoms with Crippen molar-refractivity contribution >= 4 is 11.8 Å². The number of hydrogen-bond acceptors (Lipinski definition) is 4. The molecule has 2 aliphatic heterocycles. The van der Waals surface area contributed by atoms with Crippen LogP contribution in [-0.4, -0.2) is 69.2 Å². The Labute approximate surface area is 182 Å². The molecule has 1 atom stereocenters. The number of benzene rings is 1. The van der Waals surface area contributed by atoms with Crippen LogP contribution in [0.15, 0.2) is 36.5 Å². The highest BCUT2D eigenvalue weighted by Crippen LogP contribution is 2.40. The molecule has 2 saturated heterocycles. The fourth-order valence-corrected chi connectivity index (χ4v) is 5.31. The maximum Gasteiger partial charge on any atom is 0.257 e. The number of aromatic amines is 1. The van der Waals surface area contributed by atoms with E-state index in [-0.39, 0.29) is 23.5 Å². The molecule has 7 nitrogen and oxygen atoms in total. The quantitative estimate of drug-likeness (QED) is 0.821. The third-order valence-corrected chi connectivity index (χ3v) is 7.06. The fourth-order valence-electron chi connectivity index (χ4n) is 5.31. The summed E-state index contributed by atoms with van der Waals surface area (Å²) in [6.07, 6.45) is 7.29. The molecule has 1 N–H and O–H groups in total. The lowest BCUT2D eigenvalue weighted by molar-refractivity contribution is -0.148. The summed E-state index contributed by atoms with van der Waals surface area (Å²) in [6, 6.07) is 10.5. The van der Waals surface area contributed by atoms with Gasteiger partial charge in [-0.1, -0.05) is 30.3 Å². The molecule has 1 aromatic heterocycles. The second-order valence-corrected chi connectivity index (χ2v) is 9.15. The molecule has 7 heteroatoms. The number of nitrogens with one attached hydrogen (secondary N) is 1. The minimum atomic E-state index is -0.221. The van der Waals surface area contributed by atoms with Gasteiger partial charge in [-0.15, -0.1) is 0 Å². The number of rotatable bonds is 4. The lowest BCUT2D eigenvalue weighted by atomic mass is 9.81. The average Bonchev–Trinajstić information content (AvgIpc) is 3.48. The van der Waals surface area contributed by atoms with E-state index in [0.717, 1.165) is 49.8 Å². The van der Waals surface area contributed by atoms with E-state index in [2.05, 4.69) is 15.1 Å². The third kappa shape index (κ3) is 3.99. The van der Waals surface area contributed by atoms with Gasteiger partial charge in [0.1, 0.15) is 0 Å². The molecule has 1 saturated carbocycles. The van der Waals surface area contributed by atoms with Crippen LogP contribution in [0.2, 0.25) is 0 Å². The molecule has 3 heterocycles. The maximum absolute atomic E-state index is 13.3. The zero-order chi connectivity index (χ0) is 21.4. The molecule has 1 unspecified atom stereocenters. The Morgan fingerprint density at radius 1 is 1.13 bits per heavy atom. The van der Waals surface area contributed by atoms with Crippen molar-refractivity contribution < 1.29 is 14.3 Å². The summed E-state index contributed by atoms with van der Waals surface area (Å²) < 4.78 is 6.28. The van der Waals surface area contributed by atoms with E-state index in [1.807, 2.05) is 35.2 Å². The Hall–Kier alpha value is -2.67. The molecular formula is C24H30N4O3. The van der Waals surface area contributed by atoms with Crippen molar-refractivity contribution in [3.05, 3.63) is 42.1 Å². The van der Waals surface area contributed by atoms with Crippen LogP contribution in [0.3, 0.4) is 0 Å². The molecule has 3 aliphatic rings. The van der Waals surface area contributed by atoms with Crippen molar-refractivity contribution in [1.29, 1.82) is 0 Å². The van der Waals surface area contributed by atoms with Crippen molar-refractivity contribution in [1.82, 2.24) is 20.0 Å². The zero-order valence-corrected chi connectivity index (χ0v) is 18.0. The van der Waals surface area contributed by atoms with Crippen molar-refractivity contribution in [2.75, 3.05) is 19.7 Å². The van der Waals surface area contributed by atoms with Crippen molar-refractivity contribution in [3.8, 4) is 11.3 Å². The van der Waals surface area contributed by atoms with Crippen molar-refractivity contribution in [2.24, 2.45) is 0 Å². The fraction of sp³-hybridized carbons (Fsp3) is 0.542. The van der Waals surface area contributed by atoms with Crippen LogP contribution in [0.5, 0.6) is 0 Å². The summed E-state index contributed by atoms with van der Waals surface area (Å²) in [6.45, 7) is 3.70. The van der Waals surface area contributed by atoms with Crippen LogP contribution >= 0.6 is 0 Å². The van der Waals surface area contributed by atoms with Crippen LogP contribution in [0, 0.1) is 0 Å². The highest BCUT2D eigenvalue weighted by molar-refractivity contribution is 5.99. The number of ether oxygens (including phenoxy) is 1.